The van der Waals surface area contributed by atoms with Crippen molar-refractivity contribution in [3.05, 3.63) is 29.8 Å². The highest BCUT2D eigenvalue weighted by molar-refractivity contribution is 7.92. The van der Waals surface area contributed by atoms with Gasteiger partial charge in [0.2, 0.25) is 15.9 Å². The van der Waals surface area contributed by atoms with Gasteiger partial charge >= 0.3 is 0 Å². The van der Waals surface area contributed by atoms with E-state index >= 15 is 0 Å². The molecule has 0 saturated carbocycles. The van der Waals surface area contributed by atoms with Crippen molar-refractivity contribution in [3.63, 3.8) is 0 Å². The second-order valence-electron chi connectivity index (χ2n) is 5.01. The number of sulfonamides is 1. The second-order valence-corrected chi connectivity index (χ2v) is 6.91. The molecule has 1 aromatic rings. The van der Waals surface area contributed by atoms with Crippen molar-refractivity contribution >= 4 is 21.6 Å². The average Bonchev–Trinajstić information content (AvgIpc) is 2.44. The number of nitrogens with one attached hydrogen (secondary N) is 1. The van der Waals surface area contributed by atoms with Crippen LogP contribution in [0, 0.1) is 6.92 Å². The topological polar surface area (TPSA) is 75.7 Å². The van der Waals surface area contributed by atoms with Crippen LogP contribution in [-0.2, 0) is 19.6 Å². The summed E-state index contributed by atoms with van der Waals surface area (Å²) in [6.07, 6.45) is 1.79. The zero-order valence-electron chi connectivity index (χ0n) is 13.3. The van der Waals surface area contributed by atoms with E-state index in [2.05, 4.69) is 5.32 Å². The number of carbonyl (C=O) groups excluding carboxylic acids is 1. The Hall–Kier alpha value is -1.60. The van der Waals surface area contributed by atoms with Gasteiger partial charge in [0.25, 0.3) is 0 Å². The number of nitrogens with zero attached hydrogens (tertiary/aromatic N) is 1. The van der Waals surface area contributed by atoms with E-state index in [0.29, 0.717) is 31.9 Å². The average molecular weight is 328 g/mol. The maximum absolute atomic E-state index is 11.9. The van der Waals surface area contributed by atoms with E-state index in [1.54, 1.807) is 12.1 Å². The first kappa shape index (κ1) is 18.4. The molecule has 0 bridgehead atoms. The fourth-order valence-electron chi connectivity index (χ4n) is 1.84. The van der Waals surface area contributed by atoms with E-state index in [0.717, 1.165) is 16.1 Å². The lowest BCUT2D eigenvalue weighted by atomic mass is 10.2. The van der Waals surface area contributed by atoms with Crippen LogP contribution in [0.15, 0.2) is 24.3 Å². The number of aryl methyl sites for hydroxylation is 1. The Morgan fingerprint density at radius 2 is 1.91 bits per heavy atom. The van der Waals surface area contributed by atoms with E-state index in [1.807, 2.05) is 26.0 Å². The Morgan fingerprint density at radius 3 is 2.45 bits per heavy atom. The van der Waals surface area contributed by atoms with Gasteiger partial charge in [-0.05, 0) is 32.4 Å². The van der Waals surface area contributed by atoms with E-state index < -0.39 is 10.0 Å². The molecule has 0 spiro atoms. The molecule has 0 aromatic heterocycles. The molecule has 7 heteroatoms. The highest BCUT2D eigenvalue weighted by Gasteiger charge is 2.20. The van der Waals surface area contributed by atoms with Gasteiger partial charge in [-0.25, -0.2) is 8.42 Å². The number of benzene rings is 1. The van der Waals surface area contributed by atoms with Crippen molar-refractivity contribution in [1.29, 1.82) is 0 Å². The van der Waals surface area contributed by atoms with Crippen LogP contribution in [0.3, 0.4) is 0 Å². The SMILES string of the molecule is CCOCCCNC(=O)CN(c1ccc(C)cc1)S(C)(=O)=O. The summed E-state index contributed by atoms with van der Waals surface area (Å²) < 4.78 is 30.1. The van der Waals surface area contributed by atoms with E-state index in [4.69, 9.17) is 4.74 Å². The monoisotopic (exact) mass is 328 g/mol. The van der Waals surface area contributed by atoms with E-state index in [-0.39, 0.29) is 12.5 Å². The summed E-state index contributed by atoms with van der Waals surface area (Å²) in [7, 11) is -3.52. The fraction of sp³-hybridized carbons (Fsp3) is 0.533. The van der Waals surface area contributed by atoms with Gasteiger partial charge in [-0.3, -0.25) is 9.10 Å². The molecule has 22 heavy (non-hydrogen) atoms. The van der Waals surface area contributed by atoms with Crippen molar-refractivity contribution < 1.29 is 17.9 Å². The summed E-state index contributed by atoms with van der Waals surface area (Å²) in [5, 5.41) is 2.70. The summed E-state index contributed by atoms with van der Waals surface area (Å²) >= 11 is 0. The molecular formula is C15H24N2O4S. The second kappa shape index (κ2) is 8.75. The highest BCUT2D eigenvalue weighted by Crippen LogP contribution is 2.17. The molecule has 1 amide bonds. The summed E-state index contributed by atoms with van der Waals surface area (Å²) in [5.74, 6) is -0.331. The van der Waals surface area contributed by atoms with Crippen LogP contribution < -0.4 is 9.62 Å². The first-order valence-corrected chi connectivity index (χ1v) is 9.08. The van der Waals surface area contributed by atoms with Crippen molar-refractivity contribution in [3.8, 4) is 0 Å². The minimum Gasteiger partial charge on any atom is -0.382 e. The zero-order chi connectivity index (χ0) is 16.6. The summed E-state index contributed by atoms with van der Waals surface area (Å²) in [4.78, 5) is 11.9. The van der Waals surface area contributed by atoms with Crippen LogP contribution in [0.25, 0.3) is 0 Å². The van der Waals surface area contributed by atoms with Gasteiger partial charge in [0, 0.05) is 19.8 Å². The molecule has 6 nitrogen and oxygen atoms in total. The first-order chi connectivity index (χ1) is 10.3. The number of hydrogen-bond acceptors (Lipinski definition) is 4. The van der Waals surface area contributed by atoms with Gasteiger partial charge < -0.3 is 10.1 Å². The molecule has 0 radical (unpaired) electrons. The normalized spacial score (nSPS) is 11.2. The fourth-order valence-corrected chi connectivity index (χ4v) is 2.70. The zero-order valence-corrected chi connectivity index (χ0v) is 14.1. The van der Waals surface area contributed by atoms with Gasteiger partial charge in [0.15, 0.2) is 0 Å². The third-order valence-corrected chi connectivity index (χ3v) is 4.14. The predicted molar refractivity (Wildman–Crippen MR) is 87.5 cm³/mol. The molecule has 0 heterocycles. The quantitative estimate of drug-likeness (QED) is 0.693. The predicted octanol–water partition coefficient (Wildman–Crippen LogP) is 1.30. The van der Waals surface area contributed by atoms with Crippen LogP contribution >= 0.6 is 0 Å². The van der Waals surface area contributed by atoms with Crippen molar-refractivity contribution in [2.45, 2.75) is 20.3 Å². The van der Waals surface area contributed by atoms with Crippen LogP contribution in [0.5, 0.6) is 0 Å². The minimum absolute atomic E-state index is 0.226. The Bertz CT molecular complexity index is 570. The summed E-state index contributed by atoms with van der Waals surface area (Å²) in [6, 6.07) is 7.01. The molecule has 0 aliphatic heterocycles. The van der Waals surface area contributed by atoms with Gasteiger partial charge in [0.1, 0.15) is 6.54 Å². The highest BCUT2D eigenvalue weighted by atomic mass is 32.2. The van der Waals surface area contributed by atoms with Crippen LogP contribution in [-0.4, -0.2) is 46.9 Å². The number of carbonyl (C=O) groups is 1. The maximum atomic E-state index is 11.9. The Balaban J connectivity index is 2.63. The molecule has 0 unspecified atom stereocenters. The van der Waals surface area contributed by atoms with Gasteiger partial charge in [-0.1, -0.05) is 17.7 Å². The van der Waals surface area contributed by atoms with Crippen LogP contribution in [0.2, 0.25) is 0 Å². The van der Waals surface area contributed by atoms with Gasteiger partial charge in [-0.2, -0.15) is 0 Å². The number of hydrogen-bond donors (Lipinski definition) is 1. The summed E-state index contributed by atoms with van der Waals surface area (Å²) in [5.41, 5.74) is 1.51. The molecule has 0 saturated heterocycles. The number of amides is 1. The van der Waals surface area contributed by atoms with E-state index in [1.165, 1.54) is 0 Å². The van der Waals surface area contributed by atoms with Gasteiger partial charge in [0.05, 0.1) is 11.9 Å². The molecule has 1 rings (SSSR count). The van der Waals surface area contributed by atoms with Crippen LogP contribution in [0.1, 0.15) is 18.9 Å². The molecule has 0 fully saturated rings. The molecule has 124 valence electrons. The summed E-state index contributed by atoms with van der Waals surface area (Å²) in [6.45, 7) is 5.28. The lowest BCUT2D eigenvalue weighted by Gasteiger charge is -2.22. The molecule has 0 atom stereocenters. The van der Waals surface area contributed by atoms with Crippen molar-refractivity contribution in [2.75, 3.05) is 36.9 Å². The molecule has 1 N–H and O–H groups in total. The number of ether oxygens (including phenoxy) is 1. The smallest absolute Gasteiger partial charge is 0.240 e. The van der Waals surface area contributed by atoms with Crippen molar-refractivity contribution in [2.24, 2.45) is 0 Å². The number of anilines is 1. The third-order valence-electron chi connectivity index (χ3n) is 3.00. The van der Waals surface area contributed by atoms with E-state index in [9.17, 15) is 13.2 Å². The number of rotatable bonds is 9. The molecule has 0 aliphatic carbocycles. The van der Waals surface area contributed by atoms with Crippen molar-refractivity contribution in [1.82, 2.24) is 5.32 Å². The Labute approximate surface area is 132 Å². The Morgan fingerprint density at radius 1 is 1.27 bits per heavy atom. The maximum Gasteiger partial charge on any atom is 0.240 e. The molecular weight excluding hydrogens is 304 g/mol. The Kier molecular flexibility index (Phi) is 7.34. The lowest BCUT2D eigenvalue weighted by Crippen LogP contribution is -2.40. The lowest BCUT2D eigenvalue weighted by molar-refractivity contribution is -0.119. The molecule has 0 aliphatic rings. The van der Waals surface area contributed by atoms with Gasteiger partial charge in [-0.15, -0.1) is 0 Å². The standard InChI is InChI=1S/C15H24N2O4S/c1-4-21-11-5-10-16-15(18)12-17(22(3,19)20)14-8-6-13(2)7-9-14/h6-9H,4-5,10-12H2,1-3H3,(H,16,18). The molecule has 1 aromatic carbocycles. The van der Waals surface area contributed by atoms with Crippen LogP contribution in [0.4, 0.5) is 5.69 Å². The first-order valence-electron chi connectivity index (χ1n) is 7.23. The largest absolute Gasteiger partial charge is 0.382 e. The minimum atomic E-state index is -3.52. The third kappa shape index (κ3) is 6.44.